The van der Waals surface area contributed by atoms with Crippen LogP contribution in [0.3, 0.4) is 0 Å². The van der Waals surface area contributed by atoms with E-state index in [1.165, 1.54) is 6.07 Å². The minimum Gasteiger partial charge on any atom is -0.507 e. The van der Waals surface area contributed by atoms with E-state index in [1.54, 1.807) is 7.11 Å². The summed E-state index contributed by atoms with van der Waals surface area (Å²) in [6.45, 7) is 1.98. The van der Waals surface area contributed by atoms with Crippen LogP contribution in [0.1, 0.15) is 34.7 Å². The molecule has 1 aromatic rings. The lowest BCUT2D eigenvalue weighted by atomic mass is 9.71. The first-order valence-corrected chi connectivity index (χ1v) is 6.72. The molecule has 1 aliphatic carbocycles. The molecule has 1 N–H and O–H groups in total. The van der Waals surface area contributed by atoms with Crippen molar-refractivity contribution in [3.8, 4) is 11.5 Å². The first-order chi connectivity index (χ1) is 9.10. The number of carbonyl (C=O) groups excluding carboxylic acids is 1. The Labute approximate surface area is 113 Å². The van der Waals surface area contributed by atoms with Crippen LogP contribution in [0.5, 0.6) is 11.5 Å². The molecular weight excluding hydrogens is 242 g/mol. The molecule has 4 nitrogen and oxygen atoms in total. The van der Waals surface area contributed by atoms with E-state index in [2.05, 4.69) is 11.9 Å². The number of Topliss-reactive ketones (excluding diaryl/α,β-unsaturated/α-hetero) is 1. The first-order valence-electron chi connectivity index (χ1n) is 6.72. The molecule has 0 radical (unpaired) electrons. The number of phenolic OH excluding ortho intramolecular Hbond substituents is 1. The molecule has 0 unspecified atom stereocenters. The Bertz CT molecular complexity index is 526. The number of nitrogens with zero attached hydrogens (tertiary/aromatic N) is 1. The summed E-state index contributed by atoms with van der Waals surface area (Å²) >= 11 is 0. The summed E-state index contributed by atoms with van der Waals surface area (Å²) < 4.78 is 5.22. The summed E-state index contributed by atoms with van der Waals surface area (Å²) in [6.07, 6.45) is 1.61. The third-order valence-electron chi connectivity index (χ3n) is 4.44. The fraction of sp³-hybridized carbons (Fsp3) is 0.533. The second kappa shape index (κ2) is 4.53. The van der Waals surface area contributed by atoms with Gasteiger partial charge in [0, 0.05) is 24.9 Å². The van der Waals surface area contributed by atoms with Gasteiger partial charge in [0.05, 0.1) is 12.7 Å². The Morgan fingerprint density at radius 3 is 2.95 bits per heavy atom. The second-order valence-electron chi connectivity index (χ2n) is 5.66. The molecule has 0 bridgehead atoms. The van der Waals surface area contributed by atoms with Gasteiger partial charge in [-0.2, -0.15) is 0 Å². The summed E-state index contributed by atoms with van der Waals surface area (Å²) in [5.74, 6) is 1.49. The van der Waals surface area contributed by atoms with Crippen LogP contribution in [0, 0.1) is 5.92 Å². The third kappa shape index (κ3) is 2.00. The number of hydrogen-bond acceptors (Lipinski definition) is 4. The Morgan fingerprint density at radius 1 is 1.42 bits per heavy atom. The zero-order valence-electron chi connectivity index (χ0n) is 11.3. The molecule has 1 heterocycles. The maximum absolute atomic E-state index is 12.2. The Balaban J connectivity index is 2.11. The Hall–Kier alpha value is -1.55. The lowest BCUT2D eigenvalue weighted by molar-refractivity contribution is 0.0883. The predicted molar refractivity (Wildman–Crippen MR) is 72.0 cm³/mol. The Kier molecular flexibility index (Phi) is 2.97. The van der Waals surface area contributed by atoms with Gasteiger partial charge in [0.15, 0.2) is 5.78 Å². The van der Waals surface area contributed by atoms with Gasteiger partial charge in [-0.3, -0.25) is 4.79 Å². The molecule has 1 saturated heterocycles. The maximum atomic E-state index is 12.2. The number of carbonyl (C=O) groups is 1. The molecule has 1 aromatic carbocycles. The first kappa shape index (κ1) is 12.5. The molecule has 102 valence electrons. The maximum Gasteiger partial charge on any atom is 0.167 e. The Morgan fingerprint density at radius 2 is 2.21 bits per heavy atom. The molecular formula is C15H19NO3. The number of methoxy groups -OCH3 is 1. The average molecular weight is 261 g/mol. The van der Waals surface area contributed by atoms with E-state index in [0.29, 0.717) is 29.6 Å². The van der Waals surface area contributed by atoms with Crippen LogP contribution in [-0.4, -0.2) is 43.0 Å². The monoisotopic (exact) mass is 261 g/mol. The van der Waals surface area contributed by atoms with E-state index in [-0.39, 0.29) is 11.5 Å². The lowest BCUT2D eigenvalue weighted by Gasteiger charge is -2.40. The highest BCUT2D eigenvalue weighted by atomic mass is 16.5. The van der Waals surface area contributed by atoms with Crippen LogP contribution < -0.4 is 4.74 Å². The minimum absolute atomic E-state index is 0.0611. The SMILES string of the molecule is COc1cc(O)c2c(c1)[C@H]1CN(C)CC[C@@H]1CC2=O. The van der Waals surface area contributed by atoms with Crippen molar-refractivity contribution in [2.45, 2.75) is 18.8 Å². The summed E-state index contributed by atoms with van der Waals surface area (Å²) in [7, 11) is 3.68. The summed E-state index contributed by atoms with van der Waals surface area (Å²) in [4.78, 5) is 14.5. The van der Waals surface area contributed by atoms with Gasteiger partial charge in [0.2, 0.25) is 0 Å². The van der Waals surface area contributed by atoms with Crippen molar-refractivity contribution in [2.24, 2.45) is 5.92 Å². The minimum atomic E-state index is 0.0611. The molecule has 1 fully saturated rings. The van der Waals surface area contributed by atoms with Crippen LogP contribution in [0.25, 0.3) is 0 Å². The molecule has 4 heteroatoms. The molecule has 19 heavy (non-hydrogen) atoms. The van der Waals surface area contributed by atoms with Crippen molar-refractivity contribution < 1.29 is 14.6 Å². The number of rotatable bonds is 1. The summed E-state index contributed by atoms with van der Waals surface area (Å²) in [5, 5.41) is 10.1. The van der Waals surface area contributed by atoms with Crippen LogP contribution >= 0.6 is 0 Å². The quantitative estimate of drug-likeness (QED) is 0.840. The van der Waals surface area contributed by atoms with Gasteiger partial charge in [-0.1, -0.05) is 0 Å². The molecule has 3 rings (SSSR count). The van der Waals surface area contributed by atoms with Gasteiger partial charge in [0.25, 0.3) is 0 Å². The van der Waals surface area contributed by atoms with E-state index < -0.39 is 0 Å². The second-order valence-corrected chi connectivity index (χ2v) is 5.66. The molecule has 0 amide bonds. The number of benzene rings is 1. The van der Waals surface area contributed by atoms with Crippen molar-refractivity contribution in [1.82, 2.24) is 4.90 Å². The zero-order chi connectivity index (χ0) is 13.6. The van der Waals surface area contributed by atoms with Gasteiger partial charge in [-0.15, -0.1) is 0 Å². The predicted octanol–water partition coefficient (Wildman–Crippen LogP) is 2.02. The van der Waals surface area contributed by atoms with Gasteiger partial charge < -0.3 is 14.7 Å². The van der Waals surface area contributed by atoms with E-state index in [9.17, 15) is 9.90 Å². The van der Waals surface area contributed by atoms with Gasteiger partial charge in [-0.05, 0) is 37.6 Å². The van der Waals surface area contributed by atoms with Gasteiger partial charge in [-0.25, -0.2) is 0 Å². The smallest absolute Gasteiger partial charge is 0.167 e. The van der Waals surface area contributed by atoms with Crippen LogP contribution in [-0.2, 0) is 0 Å². The normalized spacial score (nSPS) is 26.7. The standard InChI is InChI=1S/C15H19NO3/c1-16-4-3-9-5-13(17)15-11(12(9)8-16)6-10(19-2)7-14(15)18/h6-7,9,12,18H,3-5,8H2,1-2H3/t9-,12+/m1/s1. The van der Waals surface area contributed by atoms with Crippen molar-refractivity contribution in [3.63, 3.8) is 0 Å². The van der Waals surface area contributed by atoms with Crippen molar-refractivity contribution in [3.05, 3.63) is 23.3 Å². The summed E-state index contributed by atoms with van der Waals surface area (Å²) in [5.41, 5.74) is 1.47. The number of piperidine rings is 1. The molecule has 2 atom stereocenters. The largest absolute Gasteiger partial charge is 0.507 e. The molecule has 0 spiro atoms. The zero-order valence-corrected chi connectivity index (χ0v) is 11.3. The van der Waals surface area contributed by atoms with Gasteiger partial charge >= 0.3 is 0 Å². The molecule has 0 saturated carbocycles. The van der Waals surface area contributed by atoms with E-state index in [4.69, 9.17) is 4.74 Å². The topological polar surface area (TPSA) is 49.8 Å². The van der Waals surface area contributed by atoms with Crippen LogP contribution in [0.2, 0.25) is 0 Å². The number of phenols is 1. The van der Waals surface area contributed by atoms with E-state index >= 15 is 0 Å². The number of ketones is 1. The van der Waals surface area contributed by atoms with Crippen LogP contribution in [0.4, 0.5) is 0 Å². The van der Waals surface area contributed by atoms with E-state index in [1.807, 2.05) is 6.07 Å². The van der Waals surface area contributed by atoms with Crippen molar-refractivity contribution in [1.29, 1.82) is 0 Å². The fourth-order valence-corrected chi connectivity index (χ4v) is 3.44. The highest BCUT2D eigenvalue weighted by Gasteiger charge is 2.38. The number of aromatic hydroxyl groups is 1. The van der Waals surface area contributed by atoms with Gasteiger partial charge in [0.1, 0.15) is 11.5 Å². The number of likely N-dealkylation sites (tertiary alicyclic amines) is 1. The summed E-state index contributed by atoms with van der Waals surface area (Å²) in [6, 6.07) is 3.45. The lowest BCUT2D eigenvalue weighted by Crippen LogP contribution is -2.40. The van der Waals surface area contributed by atoms with E-state index in [0.717, 1.165) is 25.1 Å². The highest BCUT2D eigenvalue weighted by Crippen LogP contribution is 2.45. The molecule has 1 aliphatic heterocycles. The molecule has 0 aromatic heterocycles. The van der Waals surface area contributed by atoms with Crippen LogP contribution in [0.15, 0.2) is 12.1 Å². The van der Waals surface area contributed by atoms with Crippen molar-refractivity contribution >= 4 is 5.78 Å². The average Bonchev–Trinajstić information content (AvgIpc) is 2.39. The highest BCUT2D eigenvalue weighted by molar-refractivity contribution is 6.01. The molecule has 2 aliphatic rings. The number of hydrogen-bond donors (Lipinski definition) is 1. The number of ether oxygens (including phenoxy) is 1. The fourth-order valence-electron chi connectivity index (χ4n) is 3.44. The third-order valence-corrected chi connectivity index (χ3v) is 4.44. The number of likely N-dealkylation sites (N-methyl/N-ethyl adjacent to an activating group) is 1. The van der Waals surface area contributed by atoms with Crippen molar-refractivity contribution in [2.75, 3.05) is 27.2 Å². The number of fused-ring (bicyclic) bond motifs is 3.